The van der Waals surface area contributed by atoms with E-state index in [9.17, 15) is 0 Å². The fourth-order valence-corrected chi connectivity index (χ4v) is 27.5. The smallest absolute Gasteiger partial charge is 0.0954 e. The summed E-state index contributed by atoms with van der Waals surface area (Å²) in [5, 5.41) is 0. The summed E-state index contributed by atoms with van der Waals surface area (Å²) in [6.45, 7) is 41.1. The van der Waals surface area contributed by atoms with Crippen molar-refractivity contribution in [2.75, 3.05) is 157 Å². The summed E-state index contributed by atoms with van der Waals surface area (Å²) in [5.41, 5.74) is 0.390. The quantitative estimate of drug-likeness (QED) is 0.0765. The Balaban J connectivity index is -0.000000351. The second kappa shape index (κ2) is 31.8. The predicted molar refractivity (Wildman–Crippen MR) is 270 cm³/mol. The van der Waals surface area contributed by atoms with Crippen molar-refractivity contribution in [1.82, 2.24) is 0 Å². The standard InChI is InChI=1S/3C14H32O2P2.Tc/c3*1-13(2,15-5)11-17(7)9-10-18(8)12-14(3,4)16-6;/h3*9-12H2,1-8H3;/p+6/i;;;1+1. The first-order valence-corrected chi connectivity index (χ1v) is 35.0. The molecule has 0 aliphatic carbocycles. The first-order chi connectivity index (χ1) is 24.3. The number of hydrogen-bond donors (Lipinski definition) is 0. The summed E-state index contributed by atoms with van der Waals surface area (Å²) in [7, 11) is 9.41. The number of methoxy groups -OCH3 is 6. The van der Waals surface area contributed by atoms with E-state index < -0.39 is 0 Å². The van der Waals surface area contributed by atoms with Gasteiger partial charge in [-0.15, -0.1) is 0 Å². The molecule has 0 aromatic carbocycles. The molecule has 0 aromatic heterocycles. The average Bonchev–Trinajstić information content (AvgIpc) is 3.05. The van der Waals surface area contributed by atoms with Crippen LogP contribution in [-0.4, -0.2) is 190 Å². The minimum Gasteiger partial charge on any atom is -0.375 e. The first-order valence-electron chi connectivity index (χ1n) is 20.5. The molecule has 13 heteroatoms. The van der Waals surface area contributed by atoms with Gasteiger partial charge in [-0.05, 0) is 83.1 Å². The molecule has 0 amide bonds. The molecule has 1 radical (unpaired) electrons. The normalized spacial score (nSPS) is 16.4. The van der Waals surface area contributed by atoms with Crippen molar-refractivity contribution in [2.24, 2.45) is 0 Å². The molecule has 0 aliphatic rings. The van der Waals surface area contributed by atoms with Gasteiger partial charge in [-0.3, -0.25) is 0 Å². The Labute approximate surface area is 367 Å². The summed E-state index contributed by atoms with van der Waals surface area (Å²) in [5.74, 6) is 0. The molecule has 0 bridgehead atoms. The van der Waals surface area contributed by atoms with E-state index in [-0.39, 0.29) is 101 Å². The maximum atomic E-state index is 5.53. The monoisotopic (exact) mass is 988 g/mol. The van der Waals surface area contributed by atoms with E-state index in [1.54, 1.807) is 0 Å². The van der Waals surface area contributed by atoms with Gasteiger partial charge in [-0.2, -0.15) is 0 Å². The van der Waals surface area contributed by atoms with E-state index in [4.69, 9.17) is 28.4 Å². The van der Waals surface area contributed by atoms with Crippen molar-refractivity contribution >= 4 is 47.5 Å². The molecule has 0 saturated heterocycles. The van der Waals surface area contributed by atoms with Gasteiger partial charge in [-0.25, -0.2) is 0 Å². The Morgan fingerprint density at radius 2 is 0.345 bits per heavy atom. The van der Waals surface area contributed by atoms with E-state index in [0.717, 1.165) is 0 Å². The van der Waals surface area contributed by atoms with Crippen LogP contribution in [0.2, 0.25) is 0 Å². The SMILES string of the molecule is COC(C)(C)C[PH+](C)CC[PH+](C)CC(C)(C)OC.COC(C)(C)C[PH+](C)CC[PH+](C)CC(C)(C)OC.COC(C)(C)C[PH+](C)CC[PH+](C)CC(C)(C)OC.[99Tc]. The van der Waals surface area contributed by atoms with E-state index in [2.05, 4.69) is 123 Å². The zero-order valence-corrected chi connectivity index (χ0v) is 49.2. The van der Waals surface area contributed by atoms with Gasteiger partial charge < -0.3 is 28.4 Å². The van der Waals surface area contributed by atoms with Gasteiger partial charge in [0.25, 0.3) is 0 Å². The molecule has 0 spiro atoms. The van der Waals surface area contributed by atoms with Crippen LogP contribution in [0.3, 0.4) is 0 Å². The molecule has 0 aromatic rings. The number of rotatable bonds is 27. The molecule has 6 nitrogen and oxygen atoms in total. The molecule has 0 aliphatic heterocycles. The summed E-state index contributed by atoms with van der Waals surface area (Å²) in [6.07, 6.45) is 16.0. The topological polar surface area (TPSA) is 55.4 Å². The molecule has 6 atom stereocenters. The van der Waals surface area contributed by atoms with Gasteiger partial charge in [0, 0.05) is 150 Å². The summed E-state index contributed by atoms with van der Waals surface area (Å²) in [6, 6.07) is 0. The molecule has 55 heavy (non-hydrogen) atoms. The van der Waals surface area contributed by atoms with Gasteiger partial charge in [0.15, 0.2) is 0 Å². The predicted octanol–water partition coefficient (Wildman–Crippen LogP) is 10.6. The average molecular weight is 988 g/mol. The second-order valence-corrected chi connectivity index (χ2v) is 36.7. The van der Waals surface area contributed by atoms with E-state index in [1.165, 1.54) is 73.9 Å². The fourth-order valence-electron chi connectivity index (χ4n) is 6.60. The van der Waals surface area contributed by atoms with Crippen molar-refractivity contribution < 1.29 is 48.5 Å². The van der Waals surface area contributed by atoms with Crippen molar-refractivity contribution in [2.45, 2.75) is 117 Å². The number of ether oxygens (including phenoxy) is 6. The minimum atomic E-state index is -0.256. The maximum absolute atomic E-state index is 5.53. The van der Waals surface area contributed by atoms with Crippen molar-refractivity contribution in [3.8, 4) is 0 Å². The van der Waals surface area contributed by atoms with E-state index >= 15 is 0 Å². The minimum absolute atomic E-state index is 0. The summed E-state index contributed by atoms with van der Waals surface area (Å²) < 4.78 is 33.2. The molecule has 337 valence electrons. The van der Waals surface area contributed by atoms with Gasteiger partial charge in [0.05, 0.1) is 108 Å². The van der Waals surface area contributed by atoms with Crippen LogP contribution in [0.1, 0.15) is 83.1 Å². The summed E-state index contributed by atoms with van der Waals surface area (Å²) >= 11 is 0. The van der Waals surface area contributed by atoms with Crippen LogP contribution in [0.15, 0.2) is 0 Å². The third-order valence-corrected chi connectivity index (χ3v) is 27.5. The van der Waals surface area contributed by atoms with Crippen LogP contribution >= 0.6 is 47.5 Å². The first kappa shape index (κ1) is 64.6. The zero-order chi connectivity index (χ0) is 43.2. The van der Waals surface area contributed by atoms with E-state index in [1.807, 2.05) is 42.7 Å². The fraction of sp³-hybridized carbons (Fsp3) is 1.00. The van der Waals surface area contributed by atoms with Crippen LogP contribution in [-0.2, 0) is 48.5 Å². The Hall–Kier alpha value is 2.99. The molecule has 0 saturated carbocycles. The zero-order valence-electron chi connectivity index (χ0n) is 41.3. The third kappa shape index (κ3) is 39.6. The van der Waals surface area contributed by atoms with Crippen LogP contribution in [0.4, 0.5) is 0 Å². The van der Waals surface area contributed by atoms with Gasteiger partial charge in [-0.1, -0.05) is 0 Å². The Morgan fingerprint density at radius 3 is 0.418 bits per heavy atom. The van der Waals surface area contributed by atoms with Crippen molar-refractivity contribution in [3.63, 3.8) is 0 Å². The Kier molecular flexibility index (Phi) is 37.3. The van der Waals surface area contributed by atoms with Crippen LogP contribution < -0.4 is 0 Å². The summed E-state index contributed by atoms with van der Waals surface area (Å²) in [4.78, 5) is 0. The Morgan fingerprint density at radius 1 is 0.255 bits per heavy atom. The molecule has 0 N–H and O–H groups in total. The largest absolute Gasteiger partial charge is 0.375 e. The number of hydrogen-bond acceptors (Lipinski definition) is 6. The van der Waals surface area contributed by atoms with Crippen LogP contribution in [0.5, 0.6) is 0 Å². The van der Waals surface area contributed by atoms with Gasteiger partial charge in [0.1, 0.15) is 0 Å². The molecule has 0 heterocycles. The van der Waals surface area contributed by atoms with Crippen LogP contribution in [0, 0.1) is 0 Å². The van der Waals surface area contributed by atoms with Gasteiger partial charge >= 0.3 is 0 Å². The molecule has 0 rings (SSSR count). The maximum Gasteiger partial charge on any atom is 0.0954 e. The third-order valence-electron chi connectivity index (χ3n) is 10.6. The van der Waals surface area contributed by atoms with Crippen LogP contribution in [0.25, 0.3) is 0 Å². The van der Waals surface area contributed by atoms with Crippen molar-refractivity contribution in [3.05, 3.63) is 0 Å². The van der Waals surface area contributed by atoms with E-state index in [0.29, 0.717) is 0 Å². The molecular formula is C42H102O6P6Tc+6. The molecule has 0 fully saturated rings. The van der Waals surface area contributed by atoms with Gasteiger partial charge in [0.2, 0.25) is 0 Å². The molecular weight excluding hydrogens is 885 g/mol. The van der Waals surface area contributed by atoms with Crippen molar-refractivity contribution in [1.29, 1.82) is 0 Å². The molecule has 6 unspecified atom stereocenters. The Bertz CT molecular complexity index is 739. The second-order valence-electron chi connectivity index (χ2n) is 20.1.